The molecule has 0 radical (unpaired) electrons. The van der Waals surface area contributed by atoms with Crippen molar-refractivity contribution < 1.29 is 14.6 Å². The van der Waals surface area contributed by atoms with Crippen molar-refractivity contribution in [3.63, 3.8) is 0 Å². The average molecular weight is 254 g/mol. The van der Waals surface area contributed by atoms with Gasteiger partial charge in [0.05, 0.1) is 6.07 Å². The van der Waals surface area contributed by atoms with E-state index in [1.165, 1.54) is 0 Å². The van der Waals surface area contributed by atoms with Crippen molar-refractivity contribution in [1.82, 2.24) is 4.90 Å². The molecule has 0 aliphatic carbocycles. The number of ether oxygens (including phenoxy) is 2. The Bertz CT molecular complexity index is 340. The Hall–Kier alpha value is -0.670. The van der Waals surface area contributed by atoms with Crippen molar-refractivity contribution in [2.45, 2.75) is 63.8 Å². The van der Waals surface area contributed by atoms with Gasteiger partial charge in [-0.25, -0.2) is 0 Å². The summed E-state index contributed by atoms with van der Waals surface area (Å²) in [4.78, 5) is 2.01. The van der Waals surface area contributed by atoms with E-state index in [0.717, 1.165) is 19.4 Å². The zero-order chi connectivity index (χ0) is 13.3. The number of piperidine rings is 1. The normalized spacial score (nSPS) is 39.3. The quantitative estimate of drug-likeness (QED) is 0.809. The topological polar surface area (TPSA) is 65.7 Å². The predicted molar refractivity (Wildman–Crippen MR) is 65.7 cm³/mol. The number of aliphatic hydroxyl groups is 1. The van der Waals surface area contributed by atoms with Crippen LogP contribution in [0.2, 0.25) is 0 Å². The SMILES string of the molecule is CCCCN1C[C@H]2OC(C)(C)O[C@H]2[C@H](O)[C@@H]1C#N. The highest BCUT2D eigenvalue weighted by molar-refractivity contribution is 5.08. The lowest BCUT2D eigenvalue weighted by Gasteiger charge is -2.40. The summed E-state index contributed by atoms with van der Waals surface area (Å²) in [7, 11) is 0. The van der Waals surface area contributed by atoms with Crippen molar-refractivity contribution in [2.75, 3.05) is 13.1 Å². The molecule has 0 aromatic heterocycles. The second kappa shape index (κ2) is 5.14. The molecule has 0 bridgehead atoms. The van der Waals surface area contributed by atoms with Gasteiger partial charge < -0.3 is 14.6 Å². The molecule has 5 nitrogen and oxygen atoms in total. The second-order valence-electron chi connectivity index (χ2n) is 5.55. The van der Waals surface area contributed by atoms with Crippen molar-refractivity contribution in [1.29, 1.82) is 5.26 Å². The van der Waals surface area contributed by atoms with Gasteiger partial charge in [0, 0.05) is 6.54 Å². The summed E-state index contributed by atoms with van der Waals surface area (Å²) in [6.07, 6.45) is 0.764. The van der Waals surface area contributed by atoms with Crippen LogP contribution in [0.3, 0.4) is 0 Å². The van der Waals surface area contributed by atoms with Gasteiger partial charge in [-0.1, -0.05) is 13.3 Å². The molecule has 5 heteroatoms. The van der Waals surface area contributed by atoms with E-state index in [4.69, 9.17) is 9.47 Å². The van der Waals surface area contributed by atoms with Crippen LogP contribution in [0.25, 0.3) is 0 Å². The fourth-order valence-corrected chi connectivity index (χ4v) is 2.78. The Morgan fingerprint density at radius 3 is 2.78 bits per heavy atom. The van der Waals surface area contributed by atoms with Crippen molar-refractivity contribution in [3.8, 4) is 6.07 Å². The maximum Gasteiger partial charge on any atom is 0.163 e. The summed E-state index contributed by atoms with van der Waals surface area (Å²) in [5.41, 5.74) is 0. The van der Waals surface area contributed by atoms with Crippen molar-refractivity contribution in [3.05, 3.63) is 0 Å². The lowest BCUT2D eigenvalue weighted by atomic mass is 9.94. The molecular weight excluding hydrogens is 232 g/mol. The van der Waals surface area contributed by atoms with Gasteiger partial charge in [0.25, 0.3) is 0 Å². The third kappa shape index (κ3) is 2.52. The van der Waals surface area contributed by atoms with Crippen LogP contribution in [-0.4, -0.2) is 53.2 Å². The molecule has 2 aliphatic heterocycles. The molecule has 2 rings (SSSR count). The first kappa shape index (κ1) is 13.8. The average Bonchev–Trinajstić information content (AvgIpc) is 2.61. The minimum atomic E-state index is -0.799. The number of hydrogen-bond donors (Lipinski definition) is 1. The standard InChI is InChI=1S/C13H22N2O3/c1-4-5-6-15-8-10-12(11(16)9(15)7-14)18-13(2,3)17-10/h9-12,16H,4-6,8H2,1-3H3/t9-,10+,11+,12+/m0/s1. The molecule has 0 unspecified atom stereocenters. The van der Waals surface area contributed by atoms with Gasteiger partial charge in [0.15, 0.2) is 5.79 Å². The third-order valence-corrected chi connectivity index (χ3v) is 3.62. The highest BCUT2D eigenvalue weighted by Gasteiger charge is 2.52. The molecule has 18 heavy (non-hydrogen) atoms. The van der Waals surface area contributed by atoms with E-state index < -0.39 is 17.9 Å². The Morgan fingerprint density at radius 1 is 1.44 bits per heavy atom. The first-order valence-corrected chi connectivity index (χ1v) is 6.66. The molecule has 1 N–H and O–H groups in total. The molecule has 0 spiro atoms. The largest absolute Gasteiger partial charge is 0.388 e. The monoisotopic (exact) mass is 254 g/mol. The summed E-state index contributed by atoms with van der Waals surface area (Å²) in [6, 6.07) is 1.70. The molecule has 2 saturated heterocycles. The second-order valence-corrected chi connectivity index (χ2v) is 5.55. The molecule has 2 aliphatic rings. The molecule has 102 valence electrons. The first-order chi connectivity index (χ1) is 8.48. The van der Waals surface area contributed by atoms with Crippen LogP contribution in [0.1, 0.15) is 33.6 Å². The van der Waals surface area contributed by atoms with E-state index in [1.807, 2.05) is 18.7 Å². The molecule has 2 fully saturated rings. The zero-order valence-corrected chi connectivity index (χ0v) is 11.3. The van der Waals surface area contributed by atoms with E-state index in [9.17, 15) is 10.4 Å². The van der Waals surface area contributed by atoms with Crippen molar-refractivity contribution in [2.24, 2.45) is 0 Å². The molecular formula is C13H22N2O3. The van der Waals surface area contributed by atoms with Crippen LogP contribution >= 0.6 is 0 Å². The van der Waals surface area contributed by atoms with Gasteiger partial charge in [0.1, 0.15) is 24.4 Å². The Balaban J connectivity index is 2.10. The number of likely N-dealkylation sites (tertiary alicyclic amines) is 1. The van der Waals surface area contributed by atoms with Gasteiger partial charge >= 0.3 is 0 Å². The fourth-order valence-electron chi connectivity index (χ4n) is 2.78. The van der Waals surface area contributed by atoms with Gasteiger partial charge in [-0.15, -0.1) is 0 Å². The number of fused-ring (bicyclic) bond motifs is 1. The molecule has 0 saturated carbocycles. The molecule has 0 aromatic rings. The van der Waals surface area contributed by atoms with Gasteiger partial charge in [-0.2, -0.15) is 5.26 Å². The molecule has 0 amide bonds. The lowest BCUT2D eigenvalue weighted by Crippen LogP contribution is -2.59. The number of aliphatic hydroxyl groups excluding tert-OH is 1. The maximum atomic E-state index is 10.3. The van der Waals surface area contributed by atoms with Gasteiger partial charge in [-0.05, 0) is 26.8 Å². The molecule has 2 heterocycles. The fraction of sp³-hybridized carbons (Fsp3) is 0.923. The van der Waals surface area contributed by atoms with E-state index in [0.29, 0.717) is 6.54 Å². The van der Waals surface area contributed by atoms with Crippen molar-refractivity contribution >= 4 is 0 Å². The number of hydrogen-bond acceptors (Lipinski definition) is 5. The highest BCUT2D eigenvalue weighted by atomic mass is 16.8. The number of nitriles is 1. The number of rotatable bonds is 3. The van der Waals surface area contributed by atoms with E-state index in [-0.39, 0.29) is 12.2 Å². The minimum absolute atomic E-state index is 0.142. The predicted octanol–water partition coefficient (Wildman–Crippen LogP) is 0.875. The van der Waals surface area contributed by atoms with Gasteiger partial charge in [-0.3, -0.25) is 4.90 Å². The van der Waals surface area contributed by atoms with Crippen LogP contribution in [0.5, 0.6) is 0 Å². The lowest BCUT2D eigenvalue weighted by molar-refractivity contribution is -0.153. The van der Waals surface area contributed by atoms with Crippen LogP contribution in [0, 0.1) is 11.3 Å². The highest BCUT2D eigenvalue weighted by Crippen LogP contribution is 2.35. The summed E-state index contributed by atoms with van der Waals surface area (Å²) in [6.45, 7) is 7.27. The van der Waals surface area contributed by atoms with Crippen LogP contribution in [-0.2, 0) is 9.47 Å². The molecule has 0 aromatic carbocycles. The first-order valence-electron chi connectivity index (χ1n) is 6.66. The van der Waals surface area contributed by atoms with E-state index >= 15 is 0 Å². The minimum Gasteiger partial charge on any atom is -0.388 e. The summed E-state index contributed by atoms with van der Waals surface area (Å²) in [5.74, 6) is -0.670. The van der Waals surface area contributed by atoms with E-state index in [1.54, 1.807) is 0 Å². The maximum absolute atomic E-state index is 10.3. The number of nitrogens with zero attached hydrogens (tertiary/aromatic N) is 2. The molecule has 4 atom stereocenters. The Labute approximate surface area is 108 Å². The van der Waals surface area contributed by atoms with Gasteiger partial charge in [0.2, 0.25) is 0 Å². The summed E-state index contributed by atoms with van der Waals surface area (Å²) >= 11 is 0. The van der Waals surface area contributed by atoms with Crippen LogP contribution in [0.15, 0.2) is 0 Å². The summed E-state index contributed by atoms with van der Waals surface area (Å²) < 4.78 is 11.5. The smallest absolute Gasteiger partial charge is 0.163 e. The van der Waals surface area contributed by atoms with E-state index in [2.05, 4.69) is 13.0 Å². The summed E-state index contributed by atoms with van der Waals surface area (Å²) in [5, 5.41) is 19.5. The third-order valence-electron chi connectivity index (χ3n) is 3.62. The van der Waals surface area contributed by atoms with Crippen LogP contribution in [0.4, 0.5) is 0 Å². The van der Waals surface area contributed by atoms with Crippen LogP contribution < -0.4 is 0 Å². The Morgan fingerprint density at radius 2 is 2.17 bits per heavy atom. The Kier molecular flexibility index (Phi) is 3.93. The number of unbranched alkanes of at least 4 members (excludes halogenated alkanes) is 1. The zero-order valence-electron chi connectivity index (χ0n) is 11.3.